The molecule has 0 spiro atoms. The van der Waals surface area contributed by atoms with E-state index in [9.17, 15) is 4.79 Å². The van der Waals surface area contributed by atoms with Crippen LogP contribution in [0.2, 0.25) is 0 Å². The van der Waals surface area contributed by atoms with Crippen LogP contribution in [0.1, 0.15) is 17.5 Å². The average Bonchev–Trinajstić information content (AvgIpc) is 3.17. The van der Waals surface area contributed by atoms with Crippen molar-refractivity contribution in [2.75, 3.05) is 18.5 Å². The molecule has 3 aromatic carbocycles. The van der Waals surface area contributed by atoms with E-state index in [1.54, 1.807) is 17.4 Å². The van der Waals surface area contributed by atoms with Gasteiger partial charge in [0, 0.05) is 12.1 Å². The number of hydrogen-bond donors (Lipinski definition) is 1. The Morgan fingerprint density at radius 1 is 0.933 bits per heavy atom. The molecule has 0 radical (unpaired) electrons. The monoisotopic (exact) mass is 418 g/mol. The molecule has 30 heavy (non-hydrogen) atoms. The van der Waals surface area contributed by atoms with Crippen LogP contribution in [0.3, 0.4) is 0 Å². The van der Waals surface area contributed by atoms with E-state index >= 15 is 0 Å². The van der Waals surface area contributed by atoms with Crippen LogP contribution in [0.25, 0.3) is 10.2 Å². The first kappa shape index (κ1) is 19.9. The summed E-state index contributed by atoms with van der Waals surface area (Å²) in [4.78, 5) is 16.9. The molecule has 1 N–H and O–H groups in total. The number of nitrogens with one attached hydrogen (secondary N) is 1. The molecular weight excluding hydrogens is 396 g/mol. The van der Waals surface area contributed by atoms with Gasteiger partial charge in [0.05, 0.1) is 21.8 Å². The number of amides is 1. The first-order valence-electron chi connectivity index (χ1n) is 9.79. The minimum atomic E-state index is -0.222. The lowest BCUT2D eigenvalue weighted by atomic mass is 10.1. The topological polar surface area (TPSA) is 60.5 Å². The van der Waals surface area contributed by atoms with Gasteiger partial charge in [0.2, 0.25) is 0 Å². The van der Waals surface area contributed by atoms with Crippen LogP contribution < -0.4 is 14.8 Å². The zero-order valence-electron chi connectivity index (χ0n) is 16.6. The van der Waals surface area contributed by atoms with Gasteiger partial charge in [0.1, 0.15) is 0 Å². The quantitative estimate of drug-likeness (QED) is 0.422. The number of ether oxygens (including phenoxy) is 2. The lowest BCUT2D eigenvalue weighted by Crippen LogP contribution is -2.20. The molecule has 0 aliphatic carbocycles. The third-order valence-corrected chi connectivity index (χ3v) is 5.48. The number of carbonyl (C=O) groups is 1. The highest BCUT2D eigenvalue weighted by atomic mass is 32.1. The molecule has 152 valence electrons. The zero-order valence-corrected chi connectivity index (χ0v) is 17.4. The number of hydrogen-bond acceptors (Lipinski definition) is 5. The van der Waals surface area contributed by atoms with Crippen molar-refractivity contribution < 1.29 is 14.3 Å². The Morgan fingerprint density at radius 2 is 1.63 bits per heavy atom. The molecule has 4 aromatic rings. The average molecular weight is 419 g/mol. The van der Waals surface area contributed by atoms with Crippen molar-refractivity contribution in [3.8, 4) is 11.5 Å². The van der Waals surface area contributed by atoms with Gasteiger partial charge in [-0.2, -0.15) is 0 Å². The van der Waals surface area contributed by atoms with Crippen LogP contribution in [-0.2, 0) is 11.2 Å². The molecule has 0 saturated heterocycles. The van der Waals surface area contributed by atoms with Crippen molar-refractivity contribution >= 4 is 33.1 Å². The molecule has 0 aliphatic heterocycles. The van der Waals surface area contributed by atoms with Crippen molar-refractivity contribution in [2.45, 2.75) is 13.3 Å². The highest BCUT2D eigenvalue weighted by Crippen LogP contribution is 2.26. The largest absolute Gasteiger partial charge is 0.490 e. The second-order valence-electron chi connectivity index (χ2n) is 6.67. The van der Waals surface area contributed by atoms with Crippen LogP contribution in [0.5, 0.6) is 11.5 Å². The molecule has 0 saturated carbocycles. The van der Waals surface area contributed by atoms with Gasteiger partial charge in [-0.15, -0.1) is 11.3 Å². The van der Waals surface area contributed by atoms with Gasteiger partial charge in [0.25, 0.3) is 5.91 Å². The third-order valence-electron chi connectivity index (χ3n) is 4.44. The number of thiazole rings is 1. The number of aromatic nitrogens is 1. The van der Waals surface area contributed by atoms with Gasteiger partial charge in [-0.05, 0) is 48.9 Å². The lowest BCUT2D eigenvalue weighted by molar-refractivity contribution is -0.118. The number of carbonyl (C=O) groups excluding carboxylic acids is 1. The van der Waals surface area contributed by atoms with E-state index in [4.69, 9.17) is 9.47 Å². The first-order valence-corrected chi connectivity index (χ1v) is 10.6. The standard InChI is InChI=1S/C24H22N2O3S/c1-2-28-20-8-4-5-9-21(20)29-16-23(27)25-18-13-11-17(12-14-18)15-24-26-19-7-3-6-10-22(19)30-24/h3-14H,2,15-16H2,1H3,(H,25,27). The second kappa shape index (κ2) is 9.41. The fourth-order valence-corrected chi connectivity index (χ4v) is 4.06. The summed E-state index contributed by atoms with van der Waals surface area (Å²) in [7, 11) is 0. The molecule has 0 aliphatic rings. The van der Waals surface area contributed by atoms with E-state index in [2.05, 4.69) is 16.4 Å². The third kappa shape index (κ3) is 4.96. The normalized spacial score (nSPS) is 10.7. The van der Waals surface area contributed by atoms with E-state index < -0.39 is 0 Å². The Kier molecular flexibility index (Phi) is 6.25. The predicted octanol–water partition coefficient (Wildman–Crippen LogP) is 5.30. The van der Waals surface area contributed by atoms with E-state index in [1.807, 2.05) is 67.6 Å². The Morgan fingerprint density at radius 3 is 2.37 bits per heavy atom. The first-order chi connectivity index (χ1) is 14.7. The highest BCUT2D eigenvalue weighted by Gasteiger charge is 2.09. The summed E-state index contributed by atoms with van der Waals surface area (Å²) in [5, 5.41) is 3.94. The molecule has 0 fully saturated rings. The number of anilines is 1. The Bertz CT molecular complexity index is 1110. The van der Waals surface area contributed by atoms with Crippen LogP contribution in [0.4, 0.5) is 5.69 Å². The number of fused-ring (bicyclic) bond motifs is 1. The SMILES string of the molecule is CCOc1ccccc1OCC(=O)Nc1ccc(Cc2nc3ccccc3s2)cc1. The Hall–Kier alpha value is -3.38. The summed E-state index contributed by atoms with van der Waals surface area (Å²) in [6.07, 6.45) is 0.769. The van der Waals surface area contributed by atoms with E-state index in [1.165, 1.54) is 4.70 Å². The molecule has 0 unspecified atom stereocenters. The van der Waals surface area contributed by atoms with Gasteiger partial charge < -0.3 is 14.8 Å². The van der Waals surface area contributed by atoms with E-state index in [-0.39, 0.29) is 12.5 Å². The molecule has 5 nitrogen and oxygen atoms in total. The molecular formula is C24H22N2O3S. The molecule has 0 bridgehead atoms. The van der Waals surface area contributed by atoms with Gasteiger partial charge in [0.15, 0.2) is 18.1 Å². The summed E-state index contributed by atoms with van der Waals surface area (Å²) in [6, 6.07) is 23.3. The predicted molar refractivity (Wildman–Crippen MR) is 121 cm³/mol. The van der Waals surface area contributed by atoms with Crippen LogP contribution in [0, 0.1) is 0 Å². The smallest absolute Gasteiger partial charge is 0.262 e. The maximum atomic E-state index is 12.2. The zero-order chi connectivity index (χ0) is 20.8. The molecule has 6 heteroatoms. The summed E-state index contributed by atoms with van der Waals surface area (Å²) >= 11 is 1.71. The van der Waals surface area contributed by atoms with Crippen molar-refractivity contribution in [3.05, 3.63) is 83.4 Å². The Balaban J connectivity index is 1.32. The molecule has 0 atom stereocenters. The summed E-state index contributed by atoms with van der Waals surface area (Å²) in [5.74, 6) is 0.966. The van der Waals surface area contributed by atoms with Crippen molar-refractivity contribution in [2.24, 2.45) is 0 Å². The molecule has 4 rings (SSSR count). The van der Waals surface area contributed by atoms with Crippen molar-refractivity contribution in [1.29, 1.82) is 0 Å². The highest BCUT2D eigenvalue weighted by molar-refractivity contribution is 7.18. The summed E-state index contributed by atoms with van der Waals surface area (Å²) in [5.41, 5.74) is 2.91. The fourth-order valence-electron chi connectivity index (χ4n) is 3.06. The molecule has 1 aromatic heterocycles. The maximum Gasteiger partial charge on any atom is 0.262 e. The summed E-state index contributed by atoms with van der Waals surface area (Å²) < 4.78 is 12.3. The number of para-hydroxylation sites is 3. The molecule has 1 amide bonds. The van der Waals surface area contributed by atoms with Crippen LogP contribution >= 0.6 is 11.3 Å². The minimum Gasteiger partial charge on any atom is -0.490 e. The van der Waals surface area contributed by atoms with Crippen LogP contribution in [0.15, 0.2) is 72.8 Å². The van der Waals surface area contributed by atoms with Gasteiger partial charge in [-0.25, -0.2) is 4.98 Å². The molecule has 1 heterocycles. The second-order valence-corrected chi connectivity index (χ2v) is 7.78. The number of benzene rings is 3. The van der Waals surface area contributed by atoms with E-state index in [0.717, 1.165) is 28.2 Å². The minimum absolute atomic E-state index is 0.0858. The lowest BCUT2D eigenvalue weighted by Gasteiger charge is -2.11. The Labute approximate surface area is 179 Å². The summed E-state index contributed by atoms with van der Waals surface area (Å²) in [6.45, 7) is 2.36. The fraction of sp³-hybridized carbons (Fsp3) is 0.167. The van der Waals surface area contributed by atoms with Crippen molar-refractivity contribution in [1.82, 2.24) is 4.98 Å². The van der Waals surface area contributed by atoms with Gasteiger partial charge >= 0.3 is 0 Å². The van der Waals surface area contributed by atoms with Gasteiger partial charge in [-0.3, -0.25) is 4.79 Å². The number of rotatable bonds is 8. The number of nitrogens with zero attached hydrogens (tertiary/aromatic N) is 1. The van der Waals surface area contributed by atoms with Gasteiger partial charge in [-0.1, -0.05) is 36.4 Å². The van der Waals surface area contributed by atoms with Crippen LogP contribution in [-0.4, -0.2) is 24.1 Å². The maximum absolute atomic E-state index is 12.2. The van der Waals surface area contributed by atoms with E-state index in [0.29, 0.717) is 18.1 Å². The van der Waals surface area contributed by atoms with Crippen molar-refractivity contribution in [3.63, 3.8) is 0 Å².